The van der Waals surface area contributed by atoms with Gasteiger partial charge in [-0.2, -0.15) is 0 Å². The largest absolute Gasteiger partial charge is 0.504 e. The van der Waals surface area contributed by atoms with Crippen LogP contribution < -0.4 is 9.47 Å². The zero-order chi connectivity index (χ0) is 18.8. The van der Waals surface area contributed by atoms with E-state index in [1.807, 2.05) is 54.9 Å². The third kappa shape index (κ3) is 3.55. The van der Waals surface area contributed by atoms with Crippen LogP contribution in [0.25, 0.3) is 16.9 Å². The van der Waals surface area contributed by atoms with Gasteiger partial charge in [-0.15, -0.1) is 0 Å². The number of benzene rings is 2. The van der Waals surface area contributed by atoms with Crippen LogP contribution in [-0.2, 0) is 6.61 Å². The van der Waals surface area contributed by atoms with Crippen LogP contribution in [0.4, 0.5) is 0 Å². The fourth-order valence-corrected chi connectivity index (χ4v) is 2.95. The van der Waals surface area contributed by atoms with Crippen molar-refractivity contribution >= 4 is 17.2 Å². The fourth-order valence-electron chi connectivity index (χ4n) is 2.83. The summed E-state index contributed by atoms with van der Waals surface area (Å²) in [5, 5.41) is 10.6. The van der Waals surface area contributed by atoms with Crippen molar-refractivity contribution in [3.8, 4) is 28.5 Å². The molecule has 0 spiro atoms. The number of methoxy groups -OCH3 is 1. The molecular weight excluding hydrogens is 364 g/mol. The Morgan fingerprint density at radius 1 is 1.07 bits per heavy atom. The molecule has 0 aliphatic heterocycles. The number of aromatic nitrogens is 2. The van der Waals surface area contributed by atoms with Crippen molar-refractivity contribution in [2.45, 2.75) is 6.61 Å². The second-order valence-electron chi connectivity index (χ2n) is 6.03. The summed E-state index contributed by atoms with van der Waals surface area (Å²) in [6.45, 7) is 0.412. The summed E-state index contributed by atoms with van der Waals surface area (Å²) >= 11 is 5.91. The summed E-state index contributed by atoms with van der Waals surface area (Å²) in [6, 6.07) is 16.5. The van der Waals surface area contributed by atoms with Gasteiger partial charge >= 0.3 is 0 Å². The summed E-state index contributed by atoms with van der Waals surface area (Å²) in [7, 11) is 1.60. The first-order valence-electron chi connectivity index (χ1n) is 8.36. The van der Waals surface area contributed by atoms with E-state index in [2.05, 4.69) is 4.98 Å². The van der Waals surface area contributed by atoms with Gasteiger partial charge in [-0.3, -0.25) is 0 Å². The lowest BCUT2D eigenvalue weighted by atomic mass is 10.1. The molecule has 2 aromatic heterocycles. The van der Waals surface area contributed by atoms with E-state index in [9.17, 15) is 5.11 Å². The molecule has 0 bridgehead atoms. The Kier molecular flexibility index (Phi) is 4.60. The van der Waals surface area contributed by atoms with Gasteiger partial charge in [-0.25, -0.2) is 4.98 Å². The molecule has 0 atom stereocenters. The van der Waals surface area contributed by atoms with Crippen LogP contribution in [0.2, 0.25) is 5.02 Å². The number of hydrogen-bond donors (Lipinski definition) is 1. The molecule has 0 aliphatic rings. The summed E-state index contributed by atoms with van der Waals surface area (Å²) in [4.78, 5) is 4.49. The zero-order valence-corrected chi connectivity index (χ0v) is 15.3. The summed E-state index contributed by atoms with van der Waals surface area (Å²) in [5.41, 5.74) is 3.13. The number of rotatable bonds is 5. The van der Waals surface area contributed by atoms with E-state index in [1.54, 1.807) is 23.6 Å². The Labute approximate surface area is 161 Å². The molecule has 0 aliphatic carbocycles. The number of hydrogen-bond acceptors (Lipinski definition) is 4. The zero-order valence-electron chi connectivity index (χ0n) is 14.6. The molecule has 5 nitrogen and oxygen atoms in total. The maximum atomic E-state index is 9.94. The first-order chi connectivity index (χ1) is 13.1. The van der Waals surface area contributed by atoms with Gasteiger partial charge in [-0.05, 0) is 48.0 Å². The quantitative estimate of drug-likeness (QED) is 0.532. The van der Waals surface area contributed by atoms with Crippen LogP contribution >= 0.6 is 11.6 Å². The van der Waals surface area contributed by atoms with Crippen LogP contribution in [0.5, 0.6) is 17.2 Å². The molecular formula is C21H17ClN2O3. The standard InChI is InChI=1S/C21H17ClN2O3/c1-26-20-11-15(17-12-24-10-2-3-18(25)21(24)23-17)6-9-19(20)27-13-14-4-7-16(22)8-5-14/h2-12,25H,13H2,1H3. The summed E-state index contributed by atoms with van der Waals surface area (Å²) in [6.07, 6.45) is 3.70. The Balaban J connectivity index is 1.60. The number of imidazole rings is 1. The maximum Gasteiger partial charge on any atom is 0.180 e. The molecule has 4 rings (SSSR count). The van der Waals surface area contributed by atoms with Crippen molar-refractivity contribution in [2.24, 2.45) is 0 Å². The number of fused-ring (bicyclic) bond motifs is 1. The van der Waals surface area contributed by atoms with E-state index in [1.165, 1.54) is 0 Å². The van der Waals surface area contributed by atoms with Crippen molar-refractivity contribution in [3.05, 3.63) is 77.6 Å². The van der Waals surface area contributed by atoms with Crippen LogP contribution in [0.1, 0.15) is 5.56 Å². The first-order valence-corrected chi connectivity index (χ1v) is 8.74. The molecule has 4 aromatic rings. The van der Waals surface area contributed by atoms with E-state index in [0.29, 0.717) is 28.8 Å². The molecule has 0 saturated carbocycles. The number of pyridine rings is 1. The molecule has 0 radical (unpaired) electrons. The van der Waals surface area contributed by atoms with Crippen molar-refractivity contribution in [1.29, 1.82) is 0 Å². The molecule has 0 amide bonds. The van der Waals surface area contributed by atoms with Crippen LogP contribution in [-0.4, -0.2) is 21.6 Å². The van der Waals surface area contributed by atoms with Crippen molar-refractivity contribution in [3.63, 3.8) is 0 Å². The minimum atomic E-state index is 0.138. The number of ether oxygens (including phenoxy) is 2. The van der Waals surface area contributed by atoms with E-state index < -0.39 is 0 Å². The number of nitrogens with zero attached hydrogens (tertiary/aromatic N) is 2. The van der Waals surface area contributed by atoms with Gasteiger partial charge in [0.05, 0.1) is 12.8 Å². The molecule has 27 heavy (non-hydrogen) atoms. The van der Waals surface area contributed by atoms with Crippen molar-refractivity contribution < 1.29 is 14.6 Å². The molecule has 0 fully saturated rings. The SMILES string of the molecule is COc1cc(-c2cn3cccc(O)c3n2)ccc1OCc1ccc(Cl)cc1. The first kappa shape index (κ1) is 17.2. The molecule has 0 unspecified atom stereocenters. The van der Waals surface area contributed by atoms with Gasteiger partial charge in [0, 0.05) is 23.0 Å². The van der Waals surface area contributed by atoms with Gasteiger partial charge in [0.25, 0.3) is 0 Å². The van der Waals surface area contributed by atoms with Crippen LogP contribution in [0, 0.1) is 0 Å². The highest BCUT2D eigenvalue weighted by Crippen LogP contribution is 2.33. The number of halogens is 1. The minimum Gasteiger partial charge on any atom is -0.504 e. The smallest absolute Gasteiger partial charge is 0.180 e. The van der Waals surface area contributed by atoms with Gasteiger partial charge in [0.15, 0.2) is 22.9 Å². The topological polar surface area (TPSA) is 56.0 Å². The maximum absolute atomic E-state index is 9.94. The van der Waals surface area contributed by atoms with Crippen LogP contribution in [0.15, 0.2) is 67.0 Å². The normalized spacial score (nSPS) is 10.9. The van der Waals surface area contributed by atoms with Crippen molar-refractivity contribution in [1.82, 2.24) is 9.38 Å². The third-order valence-electron chi connectivity index (χ3n) is 4.23. The second-order valence-corrected chi connectivity index (χ2v) is 6.47. The lowest BCUT2D eigenvalue weighted by Crippen LogP contribution is -1.97. The Bertz CT molecular complexity index is 1090. The van der Waals surface area contributed by atoms with Gasteiger partial charge in [0.2, 0.25) is 0 Å². The van der Waals surface area contributed by atoms with Gasteiger partial charge in [-0.1, -0.05) is 23.7 Å². The lowest BCUT2D eigenvalue weighted by Gasteiger charge is -2.12. The fraction of sp³-hybridized carbons (Fsp3) is 0.0952. The average Bonchev–Trinajstić information content (AvgIpc) is 3.13. The van der Waals surface area contributed by atoms with E-state index in [0.717, 1.165) is 16.8 Å². The predicted molar refractivity (Wildman–Crippen MR) is 105 cm³/mol. The van der Waals surface area contributed by atoms with Gasteiger partial charge < -0.3 is 19.0 Å². The highest BCUT2D eigenvalue weighted by molar-refractivity contribution is 6.30. The number of aromatic hydroxyl groups is 1. The van der Waals surface area contributed by atoms with Crippen molar-refractivity contribution in [2.75, 3.05) is 7.11 Å². The van der Waals surface area contributed by atoms with E-state index in [-0.39, 0.29) is 5.75 Å². The summed E-state index contributed by atoms with van der Waals surface area (Å²) in [5.74, 6) is 1.39. The van der Waals surface area contributed by atoms with Crippen LogP contribution in [0.3, 0.4) is 0 Å². The summed E-state index contributed by atoms with van der Waals surface area (Å²) < 4.78 is 13.2. The second kappa shape index (κ2) is 7.21. The average molecular weight is 381 g/mol. The monoisotopic (exact) mass is 380 g/mol. The van der Waals surface area contributed by atoms with E-state index >= 15 is 0 Å². The molecule has 1 N–H and O–H groups in total. The molecule has 6 heteroatoms. The molecule has 2 aromatic carbocycles. The Hall–Kier alpha value is -3.18. The minimum absolute atomic E-state index is 0.138. The molecule has 0 saturated heterocycles. The third-order valence-corrected chi connectivity index (χ3v) is 4.48. The molecule has 136 valence electrons. The van der Waals surface area contributed by atoms with Gasteiger partial charge in [0.1, 0.15) is 6.61 Å². The highest BCUT2D eigenvalue weighted by atomic mass is 35.5. The highest BCUT2D eigenvalue weighted by Gasteiger charge is 2.11. The molecule has 2 heterocycles. The lowest BCUT2D eigenvalue weighted by molar-refractivity contribution is 0.284. The predicted octanol–water partition coefficient (Wildman–Crippen LogP) is 4.95. The van der Waals surface area contributed by atoms with E-state index in [4.69, 9.17) is 21.1 Å². The Morgan fingerprint density at radius 3 is 2.63 bits per heavy atom. The Morgan fingerprint density at radius 2 is 1.89 bits per heavy atom.